The van der Waals surface area contributed by atoms with E-state index in [-0.39, 0.29) is 54.4 Å². The molecule has 1 fully saturated rings. The molecule has 3 rings (SSSR count). The lowest BCUT2D eigenvalue weighted by Crippen LogP contribution is -2.41. The highest BCUT2D eigenvalue weighted by Crippen LogP contribution is 2.25. The van der Waals surface area contributed by atoms with Gasteiger partial charge in [-0.3, -0.25) is 19.7 Å². The van der Waals surface area contributed by atoms with Gasteiger partial charge in [0.05, 0.1) is 27.9 Å². The number of carbonyl (C=O) groups excluding carboxylic acids is 3. The number of sulfonamides is 1. The van der Waals surface area contributed by atoms with Crippen LogP contribution in [0, 0.1) is 16.0 Å². The average molecular weight is 534 g/mol. The van der Waals surface area contributed by atoms with Crippen LogP contribution in [-0.4, -0.2) is 61.3 Å². The van der Waals surface area contributed by atoms with Crippen LogP contribution < -0.4 is 5.32 Å². The highest BCUT2D eigenvalue weighted by molar-refractivity contribution is 7.89. The van der Waals surface area contributed by atoms with Gasteiger partial charge in [0.2, 0.25) is 10.0 Å². The molecular weight excluding hydrogens is 506 g/mol. The Balaban J connectivity index is 1.53. The van der Waals surface area contributed by atoms with Gasteiger partial charge in [0.1, 0.15) is 0 Å². The summed E-state index contributed by atoms with van der Waals surface area (Å²) in [6.07, 6.45) is -0.748. The maximum atomic E-state index is 13.0. The number of nitrogens with one attached hydrogen (secondary N) is 1. The summed E-state index contributed by atoms with van der Waals surface area (Å²) in [5.74, 6) is -2.41. The predicted octanol–water partition coefficient (Wildman–Crippen LogP) is 2.74. The van der Waals surface area contributed by atoms with Crippen LogP contribution >= 0.6 is 0 Å². The van der Waals surface area contributed by atoms with Crippen molar-refractivity contribution in [1.29, 1.82) is 0 Å². The van der Waals surface area contributed by atoms with Gasteiger partial charge >= 0.3 is 11.9 Å². The molecule has 0 aliphatic carbocycles. The summed E-state index contributed by atoms with van der Waals surface area (Å²) >= 11 is 0. The molecule has 1 saturated heterocycles. The fourth-order valence-corrected chi connectivity index (χ4v) is 5.19. The van der Waals surface area contributed by atoms with Gasteiger partial charge in [-0.05, 0) is 57.0 Å². The van der Waals surface area contributed by atoms with Crippen molar-refractivity contribution in [3.63, 3.8) is 0 Å². The van der Waals surface area contributed by atoms with Crippen LogP contribution in [0.1, 0.15) is 37.0 Å². The number of nitro benzene ring substituents is 1. The van der Waals surface area contributed by atoms with E-state index in [1.807, 2.05) is 0 Å². The number of amides is 1. The third-order valence-electron chi connectivity index (χ3n) is 5.78. The summed E-state index contributed by atoms with van der Waals surface area (Å²) in [6, 6.07) is 10.8. The molecule has 0 aromatic heterocycles. The number of hydrogen-bond acceptors (Lipinski definition) is 9. The number of non-ortho nitro benzene ring substituents is 1. The van der Waals surface area contributed by atoms with Gasteiger partial charge in [-0.15, -0.1) is 0 Å². The zero-order valence-corrected chi connectivity index (χ0v) is 21.1. The molecule has 2 aromatic carbocycles. The number of piperidine rings is 1. The zero-order valence-electron chi connectivity index (χ0n) is 20.3. The minimum Gasteiger partial charge on any atom is -0.462 e. The Morgan fingerprint density at radius 1 is 1.14 bits per heavy atom. The van der Waals surface area contributed by atoms with Crippen molar-refractivity contribution in [1.82, 2.24) is 4.31 Å². The van der Waals surface area contributed by atoms with Gasteiger partial charge in [-0.25, -0.2) is 13.2 Å². The molecule has 198 valence electrons. The Morgan fingerprint density at radius 3 is 2.38 bits per heavy atom. The number of carbonyl (C=O) groups is 3. The minimum absolute atomic E-state index is 0.0213. The number of hydrogen-bond donors (Lipinski definition) is 1. The monoisotopic (exact) mass is 533 g/mol. The molecular formula is C24H27N3O9S. The third-order valence-corrected chi connectivity index (χ3v) is 7.69. The summed E-state index contributed by atoms with van der Waals surface area (Å²) < 4.78 is 37.4. The third kappa shape index (κ3) is 6.89. The van der Waals surface area contributed by atoms with Crippen LogP contribution in [-0.2, 0) is 29.1 Å². The number of anilines is 1. The van der Waals surface area contributed by atoms with Crippen molar-refractivity contribution < 1.29 is 37.2 Å². The molecule has 1 aliphatic heterocycles. The standard InChI is InChI=1S/C24H27N3O9S/c1-3-35-23(29)17-7-9-21(10-8-17)37(33,34)26-13-11-18(12-14-26)24(30)36-16(2)22(28)25-19-5-4-6-20(15-19)27(31)32/h4-10,15-16,18H,3,11-14H2,1-2H3,(H,25,28)/t16-/m1/s1. The summed E-state index contributed by atoms with van der Waals surface area (Å²) in [4.78, 5) is 47.1. The number of ether oxygens (including phenoxy) is 2. The lowest BCUT2D eigenvalue weighted by molar-refractivity contribution is -0.384. The first-order valence-electron chi connectivity index (χ1n) is 11.6. The van der Waals surface area contributed by atoms with E-state index < -0.39 is 44.8 Å². The van der Waals surface area contributed by atoms with E-state index in [1.165, 1.54) is 59.8 Å². The normalized spacial score (nSPS) is 15.4. The lowest BCUT2D eigenvalue weighted by Gasteiger charge is -2.30. The molecule has 1 aliphatic rings. The molecule has 0 spiro atoms. The van der Waals surface area contributed by atoms with Crippen molar-refractivity contribution in [3.05, 3.63) is 64.2 Å². The van der Waals surface area contributed by atoms with E-state index in [2.05, 4.69) is 5.32 Å². The Bertz CT molecular complexity index is 1270. The second-order valence-corrected chi connectivity index (χ2v) is 10.2. The smallest absolute Gasteiger partial charge is 0.338 e. The van der Waals surface area contributed by atoms with Crippen LogP contribution in [0.15, 0.2) is 53.4 Å². The largest absolute Gasteiger partial charge is 0.462 e. The molecule has 1 heterocycles. The zero-order chi connectivity index (χ0) is 27.2. The van der Waals surface area contributed by atoms with Gasteiger partial charge in [0.25, 0.3) is 11.6 Å². The number of benzene rings is 2. The first-order chi connectivity index (χ1) is 17.5. The summed E-state index contributed by atoms with van der Waals surface area (Å²) in [6.45, 7) is 3.42. The van der Waals surface area contributed by atoms with Gasteiger partial charge in [-0.1, -0.05) is 6.07 Å². The number of rotatable bonds is 9. The maximum absolute atomic E-state index is 13.0. The van der Waals surface area contributed by atoms with Gasteiger partial charge < -0.3 is 14.8 Å². The summed E-state index contributed by atoms with van der Waals surface area (Å²) in [7, 11) is -3.83. The number of esters is 2. The van der Waals surface area contributed by atoms with E-state index in [1.54, 1.807) is 6.92 Å². The molecule has 1 amide bonds. The molecule has 1 atom stereocenters. The van der Waals surface area contributed by atoms with E-state index in [9.17, 15) is 32.9 Å². The molecule has 37 heavy (non-hydrogen) atoms. The van der Waals surface area contributed by atoms with E-state index >= 15 is 0 Å². The molecule has 0 bridgehead atoms. The van der Waals surface area contributed by atoms with Crippen molar-refractivity contribution in [2.24, 2.45) is 5.92 Å². The van der Waals surface area contributed by atoms with E-state index in [0.29, 0.717) is 0 Å². The maximum Gasteiger partial charge on any atom is 0.338 e. The topological polar surface area (TPSA) is 162 Å². The van der Waals surface area contributed by atoms with Crippen molar-refractivity contribution >= 4 is 39.2 Å². The van der Waals surface area contributed by atoms with Crippen LogP contribution in [0.5, 0.6) is 0 Å². The van der Waals surface area contributed by atoms with Crippen LogP contribution in [0.2, 0.25) is 0 Å². The molecule has 2 aromatic rings. The van der Waals surface area contributed by atoms with E-state index in [0.717, 1.165) is 0 Å². The second kappa shape index (κ2) is 11.9. The second-order valence-electron chi connectivity index (χ2n) is 8.30. The van der Waals surface area contributed by atoms with Crippen molar-refractivity contribution in [2.45, 2.75) is 37.7 Å². The van der Waals surface area contributed by atoms with Gasteiger partial charge in [-0.2, -0.15) is 4.31 Å². The first kappa shape index (κ1) is 27.7. The highest BCUT2D eigenvalue weighted by Gasteiger charge is 2.34. The Labute approximate surface area is 213 Å². The van der Waals surface area contributed by atoms with Gasteiger partial charge in [0.15, 0.2) is 6.10 Å². The quantitative estimate of drug-likeness (QED) is 0.290. The Morgan fingerprint density at radius 2 is 1.78 bits per heavy atom. The summed E-state index contributed by atoms with van der Waals surface area (Å²) in [5.41, 5.74) is 0.237. The molecule has 1 N–H and O–H groups in total. The van der Waals surface area contributed by atoms with E-state index in [4.69, 9.17) is 9.47 Å². The predicted molar refractivity (Wildman–Crippen MR) is 131 cm³/mol. The first-order valence-corrected chi connectivity index (χ1v) is 13.0. The number of nitro groups is 1. The number of nitrogens with zero attached hydrogens (tertiary/aromatic N) is 2. The van der Waals surface area contributed by atoms with Crippen LogP contribution in [0.3, 0.4) is 0 Å². The molecule has 0 saturated carbocycles. The van der Waals surface area contributed by atoms with Crippen molar-refractivity contribution in [3.8, 4) is 0 Å². The minimum atomic E-state index is -3.83. The lowest BCUT2D eigenvalue weighted by atomic mass is 9.98. The fourth-order valence-electron chi connectivity index (χ4n) is 3.72. The Kier molecular flexibility index (Phi) is 8.95. The highest BCUT2D eigenvalue weighted by atomic mass is 32.2. The molecule has 12 nitrogen and oxygen atoms in total. The fraction of sp³-hybridized carbons (Fsp3) is 0.375. The van der Waals surface area contributed by atoms with Gasteiger partial charge in [0, 0.05) is 30.9 Å². The van der Waals surface area contributed by atoms with Crippen LogP contribution in [0.4, 0.5) is 11.4 Å². The molecule has 0 radical (unpaired) electrons. The molecule has 13 heteroatoms. The summed E-state index contributed by atoms with van der Waals surface area (Å²) in [5, 5.41) is 13.4. The van der Waals surface area contributed by atoms with Crippen LogP contribution in [0.25, 0.3) is 0 Å². The Hall–Kier alpha value is -3.84. The molecule has 0 unspecified atom stereocenters. The van der Waals surface area contributed by atoms with Crippen molar-refractivity contribution in [2.75, 3.05) is 25.0 Å². The SMILES string of the molecule is CCOC(=O)c1ccc(S(=O)(=O)N2CCC(C(=O)O[C@H](C)C(=O)Nc3cccc([N+](=O)[O-])c3)CC2)cc1. The average Bonchev–Trinajstić information content (AvgIpc) is 2.89.